The first-order valence-corrected chi connectivity index (χ1v) is 4.08. The smallest absolute Gasteiger partial charge is 0.247 e. The minimum Gasteiger partial charge on any atom is -0.353 e. The summed E-state index contributed by atoms with van der Waals surface area (Å²) in [5, 5.41) is -0.473. The van der Waals surface area contributed by atoms with E-state index in [1.807, 2.05) is 0 Å². The van der Waals surface area contributed by atoms with Gasteiger partial charge in [0, 0.05) is 6.61 Å². The van der Waals surface area contributed by atoms with Crippen LogP contribution in [0.1, 0.15) is 19.3 Å². The van der Waals surface area contributed by atoms with E-state index < -0.39 is 5.24 Å². The Morgan fingerprint density at radius 1 is 1.64 bits per heavy atom. The number of hydrogen-bond acceptors (Lipinski definition) is 3. The van der Waals surface area contributed by atoms with E-state index in [9.17, 15) is 4.79 Å². The molecule has 0 radical (unpaired) electrons. The Balaban J connectivity index is 2.09. The van der Waals surface area contributed by atoms with E-state index in [2.05, 4.69) is 0 Å². The van der Waals surface area contributed by atoms with Gasteiger partial charge >= 0.3 is 0 Å². The highest BCUT2D eigenvalue weighted by Crippen LogP contribution is 2.13. The Morgan fingerprint density at radius 2 is 2.45 bits per heavy atom. The highest BCUT2D eigenvalue weighted by molar-refractivity contribution is 6.63. The summed E-state index contributed by atoms with van der Waals surface area (Å²) >= 11 is 5.08. The van der Waals surface area contributed by atoms with E-state index in [0.717, 1.165) is 25.9 Å². The van der Waals surface area contributed by atoms with Crippen molar-refractivity contribution in [2.45, 2.75) is 25.6 Å². The second-order valence-electron chi connectivity index (χ2n) is 2.46. The van der Waals surface area contributed by atoms with E-state index in [1.54, 1.807) is 0 Å². The quantitative estimate of drug-likeness (QED) is 0.611. The van der Waals surface area contributed by atoms with Crippen LogP contribution in [0.2, 0.25) is 0 Å². The average molecular weight is 179 g/mol. The van der Waals surface area contributed by atoms with Gasteiger partial charge in [0.2, 0.25) is 5.24 Å². The Morgan fingerprint density at radius 3 is 3.00 bits per heavy atom. The number of ether oxygens (including phenoxy) is 2. The summed E-state index contributed by atoms with van der Waals surface area (Å²) in [6, 6.07) is 0. The number of carbonyl (C=O) groups excluding carboxylic acids is 1. The van der Waals surface area contributed by atoms with Crippen LogP contribution in [0.3, 0.4) is 0 Å². The summed E-state index contributed by atoms with van der Waals surface area (Å²) in [5.41, 5.74) is 0. The third-order valence-electron chi connectivity index (χ3n) is 1.52. The molecule has 1 rings (SSSR count). The topological polar surface area (TPSA) is 35.5 Å². The lowest BCUT2D eigenvalue weighted by atomic mass is 10.2. The van der Waals surface area contributed by atoms with E-state index in [0.29, 0.717) is 0 Å². The lowest BCUT2D eigenvalue weighted by Gasteiger charge is -2.21. The summed E-state index contributed by atoms with van der Waals surface area (Å²) in [4.78, 5) is 10.3. The van der Waals surface area contributed by atoms with Crippen LogP contribution < -0.4 is 0 Å². The molecule has 1 fully saturated rings. The Hall–Kier alpha value is -0.120. The third-order valence-corrected chi connectivity index (χ3v) is 1.63. The van der Waals surface area contributed by atoms with Crippen LogP contribution in [0, 0.1) is 0 Å². The standard InChI is InChI=1S/C7H11ClO3/c8-6(9)5-11-7-3-1-2-4-10-7/h7H,1-5H2. The first kappa shape index (κ1) is 8.97. The molecule has 1 saturated heterocycles. The second-order valence-corrected chi connectivity index (χ2v) is 2.88. The molecule has 0 bridgehead atoms. The maximum Gasteiger partial charge on any atom is 0.247 e. The van der Waals surface area contributed by atoms with Gasteiger partial charge in [0.1, 0.15) is 6.61 Å². The summed E-state index contributed by atoms with van der Waals surface area (Å²) in [5.74, 6) is 0. The molecule has 0 aromatic heterocycles. The van der Waals surface area contributed by atoms with Crippen molar-refractivity contribution in [1.82, 2.24) is 0 Å². The molecular weight excluding hydrogens is 168 g/mol. The molecule has 11 heavy (non-hydrogen) atoms. The van der Waals surface area contributed by atoms with Crippen molar-refractivity contribution in [1.29, 1.82) is 0 Å². The highest BCUT2D eigenvalue weighted by atomic mass is 35.5. The third kappa shape index (κ3) is 3.70. The molecule has 1 aliphatic rings. The molecule has 0 aromatic carbocycles. The van der Waals surface area contributed by atoms with Gasteiger partial charge in [-0.15, -0.1) is 0 Å². The van der Waals surface area contributed by atoms with E-state index in [4.69, 9.17) is 21.1 Å². The van der Waals surface area contributed by atoms with Crippen molar-refractivity contribution in [3.05, 3.63) is 0 Å². The summed E-state index contributed by atoms with van der Waals surface area (Å²) in [6.07, 6.45) is 2.83. The number of halogens is 1. The van der Waals surface area contributed by atoms with Crippen LogP contribution in [0.15, 0.2) is 0 Å². The number of hydrogen-bond donors (Lipinski definition) is 0. The molecule has 0 aromatic rings. The van der Waals surface area contributed by atoms with E-state index in [-0.39, 0.29) is 12.9 Å². The van der Waals surface area contributed by atoms with Crippen molar-refractivity contribution in [3.63, 3.8) is 0 Å². The van der Waals surface area contributed by atoms with Crippen molar-refractivity contribution in [3.8, 4) is 0 Å². The van der Waals surface area contributed by atoms with Crippen LogP contribution in [-0.4, -0.2) is 24.7 Å². The van der Waals surface area contributed by atoms with Gasteiger partial charge in [-0.2, -0.15) is 0 Å². The van der Waals surface area contributed by atoms with Crippen LogP contribution in [0.4, 0.5) is 0 Å². The van der Waals surface area contributed by atoms with Crippen LogP contribution >= 0.6 is 11.6 Å². The molecule has 1 unspecified atom stereocenters. The summed E-state index contributed by atoms with van der Waals surface area (Å²) in [6.45, 7) is 0.674. The second kappa shape index (κ2) is 4.70. The Labute approximate surface area is 70.6 Å². The normalized spacial score (nSPS) is 25.0. The minimum absolute atomic E-state index is 0.0494. The maximum atomic E-state index is 10.3. The van der Waals surface area contributed by atoms with Gasteiger partial charge in [0.05, 0.1) is 0 Å². The van der Waals surface area contributed by atoms with Crippen molar-refractivity contribution < 1.29 is 14.3 Å². The van der Waals surface area contributed by atoms with Gasteiger partial charge in [-0.05, 0) is 30.9 Å². The summed E-state index contributed by atoms with van der Waals surface area (Å²) < 4.78 is 10.2. The average Bonchev–Trinajstić information content (AvgIpc) is 2.03. The monoisotopic (exact) mass is 178 g/mol. The molecule has 0 spiro atoms. The molecule has 1 heterocycles. The zero-order chi connectivity index (χ0) is 8.10. The molecule has 0 N–H and O–H groups in total. The van der Waals surface area contributed by atoms with Crippen LogP contribution in [0.5, 0.6) is 0 Å². The van der Waals surface area contributed by atoms with Crippen LogP contribution in [-0.2, 0) is 14.3 Å². The Kier molecular flexibility index (Phi) is 3.83. The van der Waals surface area contributed by atoms with Gasteiger partial charge < -0.3 is 9.47 Å². The van der Waals surface area contributed by atoms with Gasteiger partial charge in [-0.1, -0.05) is 0 Å². The van der Waals surface area contributed by atoms with Crippen molar-refractivity contribution in [2.24, 2.45) is 0 Å². The van der Waals surface area contributed by atoms with Crippen LogP contribution in [0.25, 0.3) is 0 Å². The van der Waals surface area contributed by atoms with E-state index >= 15 is 0 Å². The van der Waals surface area contributed by atoms with Gasteiger partial charge in [0.25, 0.3) is 0 Å². The Bertz CT molecular complexity index is 132. The fourth-order valence-corrected chi connectivity index (χ4v) is 1.06. The lowest BCUT2D eigenvalue weighted by molar-refractivity contribution is -0.165. The lowest BCUT2D eigenvalue weighted by Crippen LogP contribution is -2.23. The largest absolute Gasteiger partial charge is 0.353 e. The predicted molar refractivity (Wildman–Crippen MR) is 40.4 cm³/mol. The molecule has 1 atom stereocenters. The zero-order valence-electron chi connectivity index (χ0n) is 6.22. The van der Waals surface area contributed by atoms with E-state index in [1.165, 1.54) is 0 Å². The maximum absolute atomic E-state index is 10.3. The molecule has 3 nitrogen and oxygen atoms in total. The first-order valence-electron chi connectivity index (χ1n) is 3.70. The molecule has 4 heteroatoms. The number of rotatable bonds is 3. The van der Waals surface area contributed by atoms with Crippen molar-refractivity contribution >= 4 is 16.8 Å². The first-order chi connectivity index (χ1) is 5.29. The predicted octanol–water partition coefficient (Wildman–Crippen LogP) is 1.29. The highest BCUT2D eigenvalue weighted by Gasteiger charge is 2.14. The fraction of sp³-hybridized carbons (Fsp3) is 0.857. The molecular formula is C7H11ClO3. The van der Waals surface area contributed by atoms with Gasteiger partial charge in [0.15, 0.2) is 6.29 Å². The molecule has 0 aliphatic carbocycles. The molecule has 64 valence electrons. The molecule has 1 aliphatic heterocycles. The summed E-state index contributed by atoms with van der Waals surface area (Å²) in [7, 11) is 0. The van der Waals surface area contributed by atoms with Gasteiger partial charge in [-0.3, -0.25) is 4.79 Å². The van der Waals surface area contributed by atoms with Gasteiger partial charge in [-0.25, -0.2) is 0 Å². The fourth-order valence-electron chi connectivity index (χ4n) is 1.00. The van der Waals surface area contributed by atoms with Crippen molar-refractivity contribution in [2.75, 3.05) is 13.2 Å². The molecule has 0 amide bonds. The zero-order valence-corrected chi connectivity index (χ0v) is 6.97. The SMILES string of the molecule is O=C(Cl)COC1CCCCO1. The molecule has 0 saturated carbocycles. The minimum atomic E-state index is -0.473. The number of carbonyl (C=O) groups is 1.